The minimum atomic E-state index is -0.0706. The topological polar surface area (TPSA) is 46.3 Å². The van der Waals surface area contributed by atoms with Crippen LogP contribution in [0.3, 0.4) is 0 Å². The molecule has 0 bridgehead atoms. The summed E-state index contributed by atoms with van der Waals surface area (Å²) in [5, 5.41) is 0. The van der Waals surface area contributed by atoms with Crippen molar-refractivity contribution in [2.24, 2.45) is 11.1 Å². The SMILES string of the molecule is N[C@H]1CCC[C@]2(CCN(I)C2=O)C1. The molecule has 0 radical (unpaired) electrons. The van der Waals surface area contributed by atoms with Crippen molar-refractivity contribution in [3.05, 3.63) is 0 Å². The number of halogens is 1. The van der Waals surface area contributed by atoms with Crippen LogP contribution in [0.5, 0.6) is 0 Å². The Morgan fingerprint density at radius 1 is 1.54 bits per heavy atom. The molecule has 1 spiro atoms. The molecule has 1 aliphatic carbocycles. The molecule has 1 saturated carbocycles. The highest BCUT2D eigenvalue weighted by molar-refractivity contribution is 14.1. The fourth-order valence-electron chi connectivity index (χ4n) is 2.61. The van der Waals surface area contributed by atoms with Gasteiger partial charge in [-0.2, -0.15) is 0 Å². The summed E-state index contributed by atoms with van der Waals surface area (Å²) in [7, 11) is 0. The molecule has 1 amide bonds. The molecule has 0 aromatic heterocycles. The fraction of sp³-hybridized carbons (Fsp3) is 0.889. The lowest BCUT2D eigenvalue weighted by Gasteiger charge is -2.34. The summed E-state index contributed by atoms with van der Waals surface area (Å²) in [6.45, 7) is 0.909. The molecule has 1 heterocycles. The second-order valence-corrected chi connectivity index (χ2v) is 5.44. The van der Waals surface area contributed by atoms with Crippen LogP contribution >= 0.6 is 22.9 Å². The summed E-state index contributed by atoms with van der Waals surface area (Å²) in [6.07, 6.45) is 5.19. The Labute approximate surface area is 92.5 Å². The summed E-state index contributed by atoms with van der Waals surface area (Å²) in [5.74, 6) is 0.322. The molecule has 0 aromatic carbocycles. The van der Waals surface area contributed by atoms with E-state index in [4.69, 9.17) is 5.73 Å². The number of nitrogens with zero attached hydrogens (tertiary/aromatic N) is 1. The zero-order valence-electron chi connectivity index (χ0n) is 7.63. The van der Waals surface area contributed by atoms with Gasteiger partial charge in [0.15, 0.2) is 0 Å². The second-order valence-electron chi connectivity index (χ2n) is 4.28. The molecule has 4 heteroatoms. The molecule has 2 rings (SSSR count). The van der Waals surface area contributed by atoms with Gasteiger partial charge in [-0.1, -0.05) is 6.42 Å². The van der Waals surface area contributed by atoms with Gasteiger partial charge in [0.2, 0.25) is 5.91 Å². The third kappa shape index (κ3) is 1.58. The van der Waals surface area contributed by atoms with Crippen molar-refractivity contribution in [2.45, 2.75) is 38.1 Å². The highest BCUT2D eigenvalue weighted by Crippen LogP contribution is 2.45. The molecular formula is C9H15IN2O. The quantitative estimate of drug-likeness (QED) is 0.543. The van der Waals surface area contributed by atoms with Gasteiger partial charge in [-0.3, -0.25) is 7.91 Å². The zero-order valence-corrected chi connectivity index (χ0v) is 9.79. The minimum Gasteiger partial charge on any atom is -0.328 e. The first-order valence-corrected chi connectivity index (χ1v) is 5.84. The molecule has 2 N–H and O–H groups in total. The van der Waals surface area contributed by atoms with Gasteiger partial charge in [-0.05, 0) is 25.7 Å². The molecule has 2 atom stereocenters. The Morgan fingerprint density at radius 3 is 2.85 bits per heavy atom. The van der Waals surface area contributed by atoms with Crippen LogP contribution in [0, 0.1) is 5.41 Å². The van der Waals surface area contributed by atoms with E-state index in [0.717, 1.165) is 38.6 Å². The number of hydrogen-bond donors (Lipinski definition) is 1. The summed E-state index contributed by atoms with van der Waals surface area (Å²) in [4.78, 5) is 11.9. The minimum absolute atomic E-state index is 0.0706. The van der Waals surface area contributed by atoms with Gasteiger partial charge in [0.25, 0.3) is 0 Å². The molecule has 0 aromatic rings. The number of hydrogen-bond acceptors (Lipinski definition) is 2. The molecule has 0 unspecified atom stereocenters. The van der Waals surface area contributed by atoms with Gasteiger partial charge in [0.05, 0.1) is 28.3 Å². The maximum atomic E-state index is 11.9. The summed E-state index contributed by atoms with van der Waals surface area (Å²) < 4.78 is 1.83. The van der Waals surface area contributed by atoms with Crippen molar-refractivity contribution in [1.29, 1.82) is 0 Å². The number of amides is 1. The highest BCUT2D eigenvalue weighted by atomic mass is 127. The monoisotopic (exact) mass is 294 g/mol. The van der Waals surface area contributed by atoms with Crippen LogP contribution in [0.15, 0.2) is 0 Å². The van der Waals surface area contributed by atoms with E-state index >= 15 is 0 Å². The van der Waals surface area contributed by atoms with Crippen LogP contribution in [-0.2, 0) is 4.79 Å². The van der Waals surface area contributed by atoms with Gasteiger partial charge in [-0.25, -0.2) is 0 Å². The molecule has 74 valence electrons. The predicted octanol–water partition coefficient (Wildman–Crippen LogP) is 1.46. The maximum absolute atomic E-state index is 11.9. The molecule has 2 fully saturated rings. The Hall–Kier alpha value is 0.160. The molecule has 13 heavy (non-hydrogen) atoms. The Bertz CT molecular complexity index is 230. The van der Waals surface area contributed by atoms with Crippen LogP contribution in [0.4, 0.5) is 0 Å². The van der Waals surface area contributed by atoms with Crippen LogP contribution in [-0.4, -0.2) is 21.6 Å². The van der Waals surface area contributed by atoms with Gasteiger partial charge < -0.3 is 5.73 Å². The van der Waals surface area contributed by atoms with E-state index in [9.17, 15) is 4.79 Å². The number of carbonyl (C=O) groups excluding carboxylic acids is 1. The highest BCUT2D eigenvalue weighted by Gasteiger charge is 2.47. The maximum Gasteiger partial charge on any atom is 0.237 e. The van der Waals surface area contributed by atoms with E-state index in [1.165, 1.54) is 0 Å². The molecule has 1 saturated heterocycles. The van der Waals surface area contributed by atoms with E-state index < -0.39 is 0 Å². The van der Waals surface area contributed by atoms with E-state index in [0.29, 0.717) is 5.91 Å². The standard InChI is InChI=1S/C9H15IN2O/c10-12-5-4-9(8(12)13)3-1-2-7(11)6-9/h7H,1-6,11H2/t7-,9-/m0/s1. The molecular weight excluding hydrogens is 279 g/mol. The first-order chi connectivity index (χ1) is 6.14. The zero-order chi connectivity index (χ0) is 9.47. The Kier molecular flexibility index (Phi) is 2.53. The van der Waals surface area contributed by atoms with Crippen molar-refractivity contribution in [2.75, 3.05) is 6.54 Å². The van der Waals surface area contributed by atoms with Crippen molar-refractivity contribution in [1.82, 2.24) is 3.11 Å². The van der Waals surface area contributed by atoms with Crippen molar-refractivity contribution >= 4 is 28.8 Å². The van der Waals surface area contributed by atoms with E-state index in [1.807, 2.05) is 3.11 Å². The summed E-state index contributed by atoms with van der Waals surface area (Å²) in [6, 6.07) is 0.251. The van der Waals surface area contributed by atoms with Gasteiger partial charge in [0.1, 0.15) is 0 Å². The molecule has 3 nitrogen and oxygen atoms in total. The lowest BCUT2D eigenvalue weighted by Crippen LogP contribution is -2.40. The van der Waals surface area contributed by atoms with Crippen molar-refractivity contribution in [3.63, 3.8) is 0 Å². The predicted molar refractivity (Wildman–Crippen MR) is 59.2 cm³/mol. The Morgan fingerprint density at radius 2 is 2.31 bits per heavy atom. The average molecular weight is 294 g/mol. The third-order valence-corrected chi connectivity index (χ3v) is 4.26. The van der Waals surface area contributed by atoms with Gasteiger partial charge in [0, 0.05) is 12.6 Å². The first kappa shape index (κ1) is 9.71. The molecule has 1 aliphatic heterocycles. The van der Waals surface area contributed by atoms with Crippen LogP contribution < -0.4 is 5.73 Å². The first-order valence-electron chi connectivity index (χ1n) is 4.87. The summed E-state index contributed by atoms with van der Waals surface area (Å²) >= 11 is 2.12. The largest absolute Gasteiger partial charge is 0.328 e. The lowest BCUT2D eigenvalue weighted by molar-refractivity contribution is -0.132. The van der Waals surface area contributed by atoms with Crippen molar-refractivity contribution < 1.29 is 4.79 Å². The van der Waals surface area contributed by atoms with E-state index in [1.54, 1.807) is 0 Å². The van der Waals surface area contributed by atoms with Crippen LogP contribution in [0.2, 0.25) is 0 Å². The van der Waals surface area contributed by atoms with Gasteiger partial charge in [-0.15, -0.1) is 0 Å². The number of rotatable bonds is 0. The second kappa shape index (κ2) is 3.38. The summed E-state index contributed by atoms with van der Waals surface area (Å²) in [5.41, 5.74) is 5.85. The Balaban J connectivity index is 2.15. The normalized spacial score (nSPS) is 40.3. The number of carbonyl (C=O) groups is 1. The lowest BCUT2D eigenvalue weighted by atomic mass is 9.71. The third-order valence-electron chi connectivity index (χ3n) is 3.34. The van der Waals surface area contributed by atoms with E-state index in [2.05, 4.69) is 22.9 Å². The van der Waals surface area contributed by atoms with Crippen LogP contribution in [0.1, 0.15) is 32.1 Å². The van der Waals surface area contributed by atoms with Gasteiger partial charge >= 0.3 is 0 Å². The number of nitrogens with two attached hydrogens (primary N) is 1. The fourth-order valence-corrected chi connectivity index (χ4v) is 3.36. The smallest absolute Gasteiger partial charge is 0.237 e. The van der Waals surface area contributed by atoms with Crippen molar-refractivity contribution in [3.8, 4) is 0 Å². The van der Waals surface area contributed by atoms with Crippen LogP contribution in [0.25, 0.3) is 0 Å². The molecule has 2 aliphatic rings. The van der Waals surface area contributed by atoms with E-state index in [-0.39, 0.29) is 11.5 Å². The average Bonchev–Trinajstić information content (AvgIpc) is 2.35.